The van der Waals surface area contributed by atoms with E-state index in [0.29, 0.717) is 25.1 Å². The van der Waals surface area contributed by atoms with E-state index in [-0.39, 0.29) is 6.04 Å². The second-order valence-corrected chi connectivity index (χ2v) is 10.5. The molecule has 0 amide bonds. The molecule has 1 atom stereocenters. The first-order valence-corrected chi connectivity index (χ1v) is 13.9. The Kier molecular flexibility index (Phi) is 6.53. The summed E-state index contributed by atoms with van der Waals surface area (Å²) in [5.41, 5.74) is 5.91. The molecule has 2 fully saturated rings. The molecule has 0 N–H and O–H groups in total. The van der Waals surface area contributed by atoms with E-state index in [2.05, 4.69) is 58.7 Å². The van der Waals surface area contributed by atoms with Gasteiger partial charge in [0, 0.05) is 36.9 Å². The van der Waals surface area contributed by atoms with Crippen LogP contribution in [0.15, 0.2) is 65.4 Å². The minimum atomic E-state index is 0.0357. The van der Waals surface area contributed by atoms with E-state index < -0.39 is 0 Å². The van der Waals surface area contributed by atoms with Crippen molar-refractivity contribution in [2.24, 2.45) is 0 Å². The second-order valence-electron chi connectivity index (χ2n) is 10.5. The summed E-state index contributed by atoms with van der Waals surface area (Å²) in [6, 6.07) is 17.2. The average molecular weight is 537 g/mol. The highest BCUT2D eigenvalue weighted by Crippen LogP contribution is 2.37. The van der Waals surface area contributed by atoms with Gasteiger partial charge in [-0.3, -0.25) is 4.68 Å². The molecule has 2 aliphatic rings. The smallest absolute Gasteiger partial charge is 0.165 e. The number of nitrogens with zero attached hydrogens (tertiary/aromatic N) is 6. The Morgan fingerprint density at radius 2 is 1.75 bits per heavy atom. The number of anilines is 1. The molecule has 1 unspecified atom stereocenters. The van der Waals surface area contributed by atoms with Crippen molar-refractivity contribution in [2.75, 3.05) is 37.9 Å². The van der Waals surface area contributed by atoms with Gasteiger partial charge in [-0.25, -0.2) is 9.97 Å². The van der Waals surface area contributed by atoms with Crippen molar-refractivity contribution < 1.29 is 14.0 Å². The van der Waals surface area contributed by atoms with Crippen molar-refractivity contribution in [1.82, 2.24) is 24.9 Å². The van der Waals surface area contributed by atoms with Crippen LogP contribution in [0.5, 0.6) is 0 Å². The molecule has 9 heteroatoms. The molecule has 3 aromatic heterocycles. The molecule has 9 nitrogen and oxygen atoms in total. The molecule has 0 bridgehead atoms. The highest BCUT2D eigenvalue weighted by molar-refractivity contribution is 5.95. The zero-order chi connectivity index (χ0) is 27.1. The fourth-order valence-corrected chi connectivity index (χ4v) is 5.92. The van der Waals surface area contributed by atoms with Crippen molar-refractivity contribution >= 4 is 16.7 Å². The summed E-state index contributed by atoms with van der Waals surface area (Å²) >= 11 is 0. The summed E-state index contributed by atoms with van der Waals surface area (Å²) in [5.74, 6) is 2.36. The first-order valence-electron chi connectivity index (χ1n) is 13.9. The topological polar surface area (TPSA) is 91.3 Å². The highest BCUT2D eigenvalue weighted by atomic mass is 16.5. The number of rotatable bonds is 5. The van der Waals surface area contributed by atoms with Gasteiger partial charge in [0.1, 0.15) is 11.6 Å². The first kappa shape index (κ1) is 24.9. The molecule has 2 aliphatic heterocycles. The summed E-state index contributed by atoms with van der Waals surface area (Å²) in [5, 5.41) is 9.87. The Bertz CT molecular complexity index is 1620. The predicted molar refractivity (Wildman–Crippen MR) is 152 cm³/mol. The lowest BCUT2D eigenvalue weighted by atomic mass is 10.0. The third-order valence-corrected chi connectivity index (χ3v) is 8.01. The Hall–Kier alpha value is -4.08. The molecule has 7 rings (SSSR count). The molecule has 0 saturated carbocycles. The van der Waals surface area contributed by atoms with Gasteiger partial charge in [0.05, 0.1) is 48.3 Å². The van der Waals surface area contributed by atoms with Crippen molar-refractivity contribution in [3.8, 4) is 22.5 Å². The van der Waals surface area contributed by atoms with E-state index >= 15 is 0 Å². The van der Waals surface area contributed by atoms with Crippen LogP contribution in [-0.4, -0.2) is 57.9 Å². The zero-order valence-corrected chi connectivity index (χ0v) is 22.8. The normalized spacial score (nSPS) is 18.4. The lowest BCUT2D eigenvalue weighted by Crippen LogP contribution is -2.40. The summed E-state index contributed by atoms with van der Waals surface area (Å²) in [6.45, 7) is 7.40. The Balaban J connectivity index is 1.38. The van der Waals surface area contributed by atoms with Crippen molar-refractivity contribution in [2.45, 2.75) is 38.8 Å². The van der Waals surface area contributed by atoms with Crippen LogP contribution in [0.1, 0.15) is 41.9 Å². The van der Waals surface area contributed by atoms with E-state index in [4.69, 9.17) is 29.1 Å². The molecule has 0 radical (unpaired) electrons. The van der Waals surface area contributed by atoms with Crippen LogP contribution in [0.3, 0.4) is 0 Å². The minimum absolute atomic E-state index is 0.0357. The molecule has 5 aromatic rings. The molecule has 204 valence electrons. The fraction of sp³-hybridized carbons (Fsp3) is 0.355. The van der Waals surface area contributed by atoms with Crippen LogP contribution >= 0.6 is 0 Å². The number of morpholine rings is 1. The molecule has 0 aliphatic carbocycles. The lowest BCUT2D eigenvalue weighted by molar-refractivity contribution is 0.0662. The first-order chi connectivity index (χ1) is 19.7. The lowest BCUT2D eigenvalue weighted by Gasteiger charge is -2.37. The van der Waals surface area contributed by atoms with Gasteiger partial charge in [-0.05, 0) is 49.9 Å². The number of hydrogen-bond acceptors (Lipinski definition) is 8. The monoisotopic (exact) mass is 536 g/mol. The Morgan fingerprint density at radius 3 is 2.55 bits per heavy atom. The molecular formula is C31H32N6O3. The maximum Gasteiger partial charge on any atom is 0.165 e. The largest absolute Gasteiger partial charge is 0.381 e. The van der Waals surface area contributed by atoms with Crippen LogP contribution < -0.4 is 4.90 Å². The van der Waals surface area contributed by atoms with Gasteiger partial charge >= 0.3 is 0 Å². The molecule has 40 heavy (non-hydrogen) atoms. The summed E-state index contributed by atoms with van der Waals surface area (Å²) in [6.07, 6.45) is 5.88. The van der Waals surface area contributed by atoms with Crippen LogP contribution in [0, 0.1) is 13.8 Å². The minimum Gasteiger partial charge on any atom is -0.381 e. The highest BCUT2D eigenvalue weighted by Gasteiger charge is 2.29. The summed E-state index contributed by atoms with van der Waals surface area (Å²) < 4.78 is 19.1. The maximum atomic E-state index is 5.97. The van der Waals surface area contributed by atoms with Crippen molar-refractivity contribution in [1.29, 1.82) is 0 Å². The number of fused-ring (bicyclic) bond motifs is 1. The summed E-state index contributed by atoms with van der Waals surface area (Å²) in [4.78, 5) is 12.6. The number of hydrogen-bond donors (Lipinski definition) is 0. The van der Waals surface area contributed by atoms with E-state index in [1.807, 2.05) is 30.8 Å². The molecule has 2 aromatic carbocycles. The zero-order valence-electron chi connectivity index (χ0n) is 22.8. The Labute approximate surface area is 232 Å². The fourth-order valence-electron chi connectivity index (χ4n) is 5.92. The van der Waals surface area contributed by atoms with Gasteiger partial charge in [-0.2, -0.15) is 5.10 Å². The molecule has 2 saturated heterocycles. The van der Waals surface area contributed by atoms with Gasteiger partial charge in [0.2, 0.25) is 0 Å². The van der Waals surface area contributed by atoms with Crippen LogP contribution in [0.2, 0.25) is 0 Å². The maximum absolute atomic E-state index is 5.97. The van der Waals surface area contributed by atoms with Gasteiger partial charge in [0.25, 0.3) is 0 Å². The van der Waals surface area contributed by atoms with E-state index in [1.54, 1.807) is 0 Å². The van der Waals surface area contributed by atoms with Gasteiger partial charge in [0.15, 0.2) is 5.82 Å². The van der Waals surface area contributed by atoms with Crippen LogP contribution in [0.4, 0.5) is 5.82 Å². The van der Waals surface area contributed by atoms with E-state index in [1.165, 1.54) is 5.56 Å². The third kappa shape index (κ3) is 4.55. The SMILES string of the molecule is Cc1noc(C)c1-c1ccc2nc(-c3cnn(C4CCOCC4)c3)nc(N3CCOCC3c3ccccc3)c2c1. The molecule has 0 spiro atoms. The number of benzene rings is 2. The third-order valence-electron chi connectivity index (χ3n) is 8.01. The van der Waals surface area contributed by atoms with Gasteiger partial charge in [-0.15, -0.1) is 0 Å². The number of ether oxygens (including phenoxy) is 2. The average Bonchev–Trinajstić information content (AvgIpc) is 3.64. The standard InChI is InChI=1S/C31H32N6O3/c1-20-29(21(2)40-35-20)23-8-9-27-26(16-23)31(36-12-15-39-19-28(36)22-6-4-3-5-7-22)34-30(33-27)24-17-32-37(18-24)25-10-13-38-14-11-25/h3-9,16-18,25,28H,10-15,19H2,1-2H3. The summed E-state index contributed by atoms with van der Waals surface area (Å²) in [7, 11) is 0. The van der Waals surface area contributed by atoms with Crippen LogP contribution in [0.25, 0.3) is 33.4 Å². The second kappa shape index (κ2) is 10.5. The predicted octanol–water partition coefficient (Wildman–Crippen LogP) is 5.69. The number of aryl methyl sites for hydroxylation is 2. The van der Waals surface area contributed by atoms with E-state index in [9.17, 15) is 0 Å². The van der Waals surface area contributed by atoms with Gasteiger partial charge < -0.3 is 18.9 Å². The number of aromatic nitrogens is 5. The van der Waals surface area contributed by atoms with E-state index in [0.717, 1.165) is 77.5 Å². The quantitative estimate of drug-likeness (QED) is 0.283. The Morgan fingerprint density at radius 1 is 0.900 bits per heavy atom. The van der Waals surface area contributed by atoms with Crippen LogP contribution in [-0.2, 0) is 9.47 Å². The van der Waals surface area contributed by atoms with Crippen molar-refractivity contribution in [3.63, 3.8) is 0 Å². The molecule has 5 heterocycles. The van der Waals surface area contributed by atoms with Crippen molar-refractivity contribution in [3.05, 3.63) is 77.9 Å². The van der Waals surface area contributed by atoms with Gasteiger partial charge in [-0.1, -0.05) is 41.6 Å². The molecular weight excluding hydrogens is 504 g/mol.